The summed E-state index contributed by atoms with van der Waals surface area (Å²) in [7, 11) is -3.82. The summed E-state index contributed by atoms with van der Waals surface area (Å²) in [6.07, 6.45) is 0. The van der Waals surface area contributed by atoms with Crippen molar-refractivity contribution in [2.24, 2.45) is 0 Å². The van der Waals surface area contributed by atoms with E-state index in [0.29, 0.717) is 11.3 Å². The van der Waals surface area contributed by atoms with Crippen LogP contribution in [0.1, 0.15) is 24.3 Å². The van der Waals surface area contributed by atoms with E-state index in [1.807, 2.05) is 30.3 Å². The number of rotatable bonds is 4. The van der Waals surface area contributed by atoms with Gasteiger partial charge in [0.2, 0.25) is 10.0 Å². The lowest BCUT2D eigenvalue weighted by Crippen LogP contribution is -2.27. The molecule has 0 fully saturated rings. The molecule has 0 amide bonds. The third kappa shape index (κ3) is 2.97. The van der Waals surface area contributed by atoms with Gasteiger partial charge in [-0.1, -0.05) is 30.3 Å². The van der Waals surface area contributed by atoms with Gasteiger partial charge in [0, 0.05) is 5.39 Å². The van der Waals surface area contributed by atoms with E-state index in [9.17, 15) is 8.42 Å². The zero-order chi connectivity index (χ0) is 16.4. The maximum absolute atomic E-state index is 12.5. The highest BCUT2D eigenvalue weighted by Crippen LogP contribution is 2.25. The van der Waals surface area contributed by atoms with Crippen LogP contribution in [0.2, 0.25) is 0 Å². The molecular formula is C17H14N2O3S. The molecule has 1 heterocycles. The quantitative estimate of drug-likeness (QED) is 0.797. The summed E-state index contributed by atoms with van der Waals surface area (Å²) in [5, 5.41) is 9.98. The van der Waals surface area contributed by atoms with Crippen molar-refractivity contribution in [1.82, 2.24) is 4.72 Å². The van der Waals surface area contributed by atoms with Crippen molar-refractivity contribution < 1.29 is 12.8 Å². The second-order valence-corrected chi connectivity index (χ2v) is 6.82. The summed E-state index contributed by atoms with van der Waals surface area (Å²) in [5.74, 6) is 0.518. The molecule has 3 rings (SSSR count). The van der Waals surface area contributed by atoms with E-state index in [4.69, 9.17) is 9.68 Å². The molecule has 0 aliphatic rings. The van der Waals surface area contributed by atoms with Crippen LogP contribution in [0.15, 0.2) is 63.9 Å². The first kappa shape index (κ1) is 15.3. The first-order chi connectivity index (χ1) is 11.0. The summed E-state index contributed by atoms with van der Waals surface area (Å²) in [6, 6.07) is 16.7. The summed E-state index contributed by atoms with van der Waals surface area (Å²) in [5.41, 5.74) is 0.808. The minimum atomic E-state index is -3.82. The van der Waals surface area contributed by atoms with Crippen LogP contribution in [-0.4, -0.2) is 8.42 Å². The average molecular weight is 326 g/mol. The molecular weight excluding hydrogens is 312 g/mol. The van der Waals surface area contributed by atoms with E-state index in [1.165, 1.54) is 12.1 Å². The number of hydrogen-bond acceptors (Lipinski definition) is 4. The van der Waals surface area contributed by atoms with Crippen molar-refractivity contribution in [2.45, 2.75) is 17.9 Å². The highest BCUT2D eigenvalue weighted by atomic mass is 32.2. The zero-order valence-corrected chi connectivity index (χ0v) is 13.2. The molecule has 3 aromatic rings. The lowest BCUT2D eigenvalue weighted by atomic mass is 10.2. The molecule has 116 valence electrons. The Morgan fingerprint density at radius 3 is 2.57 bits per heavy atom. The minimum Gasteiger partial charge on any atom is -0.459 e. The molecule has 0 aliphatic heterocycles. The van der Waals surface area contributed by atoms with Crippen LogP contribution >= 0.6 is 0 Å². The van der Waals surface area contributed by atoms with Gasteiger partial charge in [-0.2, -0.15) is 5.26 Å². The van der Waals surface area contributed by atoms with Crippen LogP contribution in [0, 0.1) is 11.3 Å². The molecule has 6 heteroatoms. The van der Waals surface area contributed by atoms with Crippen molar-refractivity contribution >= 4 is 21.0 Å². The van der Waals surface area contributed by atoms with Crippen LogP contribution in [0.3, 0.4) is 0 Å². The maximum Gasteiger partial charge on any atom is 0.242 e. The number of furan rings is 1. The van der Waals surface area contributed by atoms with Crippen LogP contribution in [-0.2, 0) is 10.0 Å². The smallest absolute Gasteiger partial charge is 0.242 e. The van der Waals surface area contributed by atoms with Gasteiger partial charge in [-0.15, -0.1) is 0 Å². The molecule has 0 bridgehead atoms. The van der Waals surface area contributed by atoms with Gasteiger partial charge >= 0.3 is 0 Å². The predicted molar refractivity (Wildman–Crippen MR) is 86.1 cm³/mol. The number of sulfonamides is 1. The predicted octanol–water partition coefficient (Wildman–Crippen LogP) is 3.34. The minimum absolute atomic E-state index is 0.0366. The molecule has 0 saturated carbocycles. The lowest BCUT2D eigenvalue weighted by molar-refractivity contribution is 0.484. The number of nitrogens with one attached hydrogen (secondary N) is 1. The Labute approximate surface area is 134 Å². The third-order valence-electron chi connectivity index (χ3n) is 3.50. The number of nitriles is 1. The maximum atomic E-state index is 12.5. The topological polar surface area (TPSA) is 83.1 Å². The largest absolute Gasteiger partial charge is 0.459 e. The fourth-order valence-corrected chi connectivity index (χ4v) is 3.73. The Morgan fingerprint density at radius 1 is 1.13 bits per heavy atom. The molecule has 0 aliphatic carbocycles. The normalized spacial score (nSPS) is 12.9. The van der Waals surface area contributed by atoms with Gasteiger partial charge < -0.3 is 4.42 Å². The number of para-hydroxylation sites is 1. The van der Waals surface area contributed by atoms with Crippen LogP contribution in [0.5, 0.6) is 0 Å². The molecule has 0 spiro atoms. The monoisotopic (exact) mass is 326 g/mol. The molecule has 1 aromatic heterocycles. The first-order valence-electron chi connectivity index (χ1n) is 7.01. The Kier molecular flexibility index (Phi) is 3.90. The Bertz CT molecular complexity index is 967. The summed E-state index contributed by atoms with van der Waals surface area (Å²) in [4.78, 5) is -0.0366. The molecule has 2 aromatic carbocycles. The fourth-order valence-electron chi connectivity index (χ4n) is 2.36. The first-order valence-corrected chi connectivity index (χ1v) is 8.49. The van der Waals surface area contributed by atoms with E-state index in [2.05, 4.69) is 4.72 Å². The van der Waals surface area contributed by atoms with Crippen molar-refractivity contribution in [3.63, 3.8) is 0 Å². The molecule has 0 radical (unpaired) electrons. The number of nitrogens with zero attached hydrogens (tertiary/aromatic N) is 1. The van der Waals surface area contributed by atoms with Crippen molar-refractivity contribution in [2.75, 3.05) is 0 Å². The van der Waals surface area contributed by atoms with E-state index < -0.39 is 16.1 Å². The van der Waals surface area contributed by atoms with E-state index in [0.717, 1.165) is 5.39 Å². The highest BCUT2D eigenvalue weighted by molar-refractivity contribution is 7.89. The van der Waals surface area contributed by atoms with Gasteiger partial charge in [0.1, 0.15) is 17.4 Å². The van der Waals surface area contributed by atoms with E-state index in [1.54, 1.807) is 25.1 Å². The van der Waals surface area contributed by atoms with E-state index in [-0.39, 0.29) is 10.5 Å². The van der Waals surface area contributed by atoms with Gasteiger partial charge in [-0.25, -0.2) is 13.1 Å². The van der Waals surface area contributed by atoms with Gasteiger partial charge in [-0.05, 0) is 31.2 Å². The molecule has 1 atom stereocenters. The zero-order valence-electron chi connectivity index (χ0n) is 12.4. The summed E-state index contributed by atoms with van der Waals surface area (Å²) < 4.78 is 33.2. The third-order valence-corrected chi connectivity index (χ3v) is 5.10. The van der Waals surface area contributed by atoms with Gasteiger partial charge in [0.15, 0.2) is 0 Å². The number of benzene rings is 2. The van der Waals surface area contributed by atoms with Gasteiger partial charge in [0.05, 0.1) is 16.5 Å². The molecule has 5 nitrogen and oxygen atoms in total. The lowest BCUT2D eigenvalue weighted by Gasteiger charge is -2.12. The highest BCUT2D eigenvalue weighted by Gasteiger charge is 2.23. The van der Waals surface area contributed by atoms with Crippen LogP contribution in [0.4, 0.5) is 0 Å². The van der Waals surface area contributed by atoms with Crippen LogP contribution in [0.25, 0.3) is 11.0 Å². The van der Waals surface area contributed by atoms with Gasteiger partial charge in [-0.3, -0.25) is 0 Å². The SMILES string of the molecule is C[C@H](NS(=O)(=O)c1ccccc1C#N)c1cc2ccccc2o1. The second-order valence-electron chi connectivity index (χ2n) is 5.14. The molecule has 1 N–H and O–H groups in total. The van der Waals surface area contributed by atoms with Crippen molar-refractivity contribution in [3.05, 3.63) is 65.9 Å². The second kappa shape index (κ2) is 5.88. The summed E-state index contributed by atoms with van der Waals surface area (Å²) >= 11 is 0. The standard InChI is InChI=1S/C17H14N2O3S/c1-12(16-10-13-6-2-4-8-15(13)22-16)19-23(20,21)17-9-5-3-7-14(17)11-18/h2-10,12,19H,1H3/t12-/m0/s1. The number of hydrogen-bond donors (Lipinski definition) is 1. The number of fused-ring (bicyclic) bond motifs is 1. The average Bonchev–Trinajstić information content (AvgIpc) is 2.98. The Morgan fingerprint density at radius 2 is 1.83 bits per heavy atom. The van der Waals surface area contributed by atoms with Crippen molar-refractivity contribution in [1.29, 1.82) is 5.26 Å². The van der Waals surface area contributed by atoms with Gasteiger partial charge in [0.25, 0.3) is 0 Å². The Balaban J connectivity index is 1.92. The van der Waals surface area contributed by atoms with Crippen molar-refractivity contribution in [3.8, 4) is 6.07 Å². The molecule has 0 saturated heterocycles. The molecule has 23 heavy (non-hydrogen) atoms. The fraction of sp³-hybridized carbons (Fsp3) is 0.118. The van der Waals surface area contributed by atoms with Crippen LogP contribution < -0.4 is 4.72 Å². The Hall–Kier alpha value is -2.62. The summed E-state index contributed by atoms with van der Waals surface area (Å²) in [6.45, 7) is 1.70. The molecule has 0 unspecified atom stereocenters. The van der Waals surface area contributed by atoms with E-state index >= 15 is 0 Å².